The van der Waals surface area contributed by atoms with Crippen LogP contribution in [0.15, 0.2) is 24.3 Å². The molecule has 20 heavy (non-hydrogen) atoms. The molecule has 1 saturated heterocycles. The Kier molecular flexibility index (Phi) is 5.18. The third-order valence-electron chi connectivity index (χ3n) is 4.06. The zero-order valence-electron chi connectivity index (χ0n) is 12.5. The van der Waals surface area contributed by atoms with E-state index in [0.717, 1.165) is 25.8 Å². The molecule has 0 saturated carbocycles. The lowest BCUT2D eigenvalue weighted by Gasteiger charge is -2.25. The Balaban J connectivity index is 1.86. The SMILES string of the molecule is Cc1ccc(CCC(=O)N2CCC[C@H]2C[C@H](C)O)cc1. The van der Waals surface area contributed by atoms with Crippen molar-refractivity contribution in [3.05, 3.63) is 35.4 Å². The first-order valence-electron chi connectivity index (χ1n) is 7.59. The molecule has 2 atom stereocenters. The van der Waals surface area contributed by atoms with Gasteiger partial charge in [-0.3, -0.25) is 4.79 Å². The van der Waals surface area contributed by atoms with Crippen LogP contribution >= 0.6 is 0 Å². The fraction of sp³-hybridized carbons (Fsp3) is 0.588. The van der Waals surface area contributed by atoms with E-state index in [0.29, 0.717) is 12.8 Å². The number of hydrogen-bond donors (Lipinski definition) is 1. The fourth-order valence-electron chi connectivity index (χ4n) is 2.95. The van der Waals surface area contributed by atoms with Gasteiger partial charge in [-0.15, -0.1) is 0 Å². The summed E-state index contributed by atoms with van der Waals surface area (Å²) in [7, 11) is 0. The summed E-state index contributed by atoms with van der Waals surface area (Å²) in [6.45, 7) is 4.72. The van der Waals surface area contributed by atoms with Crippen LogP contribution in [0.1, 0.15) is 43.7 Å². The lowest BCUT2D eigenvalue weighted by atomic mass is 10.1. The minimum atomic E-state index is -0.328. The molecule has 1 heterocycles. The molecule has 0 radical (unpaired) electrons. The third-order valence-corrected chi connectivity index (χ3v) is 4.06. The number of aryl methyl sites for hydroxylation is 2. The molecule has 1 aromatic carbocycles. The Hall–Kier alpha value is -1.35. The van der Waals surface area contributed by atoms with E-state index in [4.69, 9.17) is 0 Å². The van der Waals surface area contributed by atoms with E-state index in [1.54, 1.807) is 6.92 Å². The van der Waals surface area contributed by atoms with Gasteiger partial charge in [-0.25, -0.2) is 0 Å². The van der Waals surface area contributed by atoms with Crippen molar-refractivity contribution in [2.75, 3.05) is 6.54 Å². The van der Waals surface area contributed by atoms with Crippen LogP contribution in [0, 0.1) is 6.92 Å². The number of aliphatic hydroxyl groups excluding tert-OH is 1. The summed E-state index contributed by atoms with van der Waals surface area (Å²) >= 11 is 0. The predicted molar refractivity (Wildman–Crippen MR) is 80.5 cm³/mol. The first kappa shape index (κ1) is 15.0. The highest BCUT2D eigenvalue weighted by Crippen LogP contribution is 2.22. The minimum Gasteiger partial charge on any atom is -0.393 e. The van der Waals surface area contributed by atoms with Gasteiger partial charge in [0, 0.05) is 19.0 Å². The molecule has 0 bridgehead atoms. The second-order valence-electron chi connectivity index (χ2n) is 5.95. The van der Waals surface area contributed by atoms with Gasteiger partial charge in [0.25, 0.3) is 0 Å². The maximum absolute atomic E-state index is 12.3. The Bertz CT molecular complexity index is 439. The van der Waals surface area contributed by atoms with Crippen LogP contribution in [-0.2, 0) is 11.2 Å². The van der Waals surface area contributed by atoms with Gasteiger partial charge in [0.05, 0.1) is 6.10 Å². The highest BCUT2D eigenvalue weighted by molar-refractivity contribution is 5.77. The van der Waals surface area contributed by atoms with Gasteiger partial charge in [-0.05, 0) is 45.1 Å². The van der Waals surface area contributed by atoms with E-state index < -0.39 is 0 Å². The van der Waals surface area contributed by atoms with Crippen LogP contribution in [-0.4, -0.2) is 34.6 Å². The number of likely N-dealkylation sites (tertiary alicyclic amines) is 1. The van der Waals surface area contributed by atoms with E-state index in [1.807, 2.05) is 4.90 Å². The Labute approximate surface area is 121 Å². The van der Waals surface area contributed by atoms with Crippen LogP contribution in [0.4, 0.5) is 0 Å². The molecule has 0 aliphatic carbocycles. The maximum atomic E-state index is 12.3. The molecular formula is C17H25NO2. The van der Waals surface area contributed by atoms with Gasteiger partial charge in [0.15, 0.2) is 0 Å². The second-order valence-corrected chi connectivity index (χ2v) is 5.95. The number of amides is 1. The van der Waals surface area contributed by atoms with E-state index in [-0.39, 0.29) is 18.1 Å². The first-order chi connectivity index (χ1) is 9.56. The molecule has 110 valence electrons. The molecule has 1 fully saturated rings. The van der Waals surface area contributed by atoms with Crippen molar-refractivity contribution in [3.8, 4) is 0 Å². The van der Waals surface area contributed by atoms with Gasteiger partial charge in [0.1, 0.15) is 0 Å². The number of benzene rings is 1. The standard InChI is InChI=1S/C17H25NO2/c1-13-5-7-15(8-6-13)9-10-17(20)18-11-3-4-16(18)12-14(2)19/h5-8,14,16,19H,3-4,9-12H2,1-2H3/t14-,16-/m0/s1. The molecule has 1 aliphatic heterocycles. The summed E-state index contributed by atoms with van der Waals surface area (Å²) < 4.78 is 0. The van der Waals surface area contributed by atoms with Crippen molar-refractivity contribution in [2.24, 2.45) is 0 Å². The monoisotopic (exact) mass is 275 g/mol. The van der Waals surface area contributed by atoms with Gasteiger partial charge in [0.2, 0.25) is 5.91 Å². The zero-order valence-corrected chi connectivity index (χ0v) is 12.5. The van der Waals surface area contributed by atoms with E-state index in [2.05, 4.69) is 31.2 Å². The molecule has 1 amide bonds. The van der Waals surface area contributed by atoms with Crippen molar-refractivity contribution in [1.29, 1.82) is 0 Å². The molecule has 0 aromatic heterocycles. The average Bonchev–Trinajstić information content (AvgIpc) is 2.85. The zero-order chi connectivity index (χ0) is 14.5. The topological polar surface area (TPSA) is 40.5 Å². The summed E-state index contributed by atoms with van der Waals surface area (Å²) in [4.78, 5) is 14.3. The molecule has 1 aromatic rings. The lowest BCUT2D eigenvalue weighted by molar-refractivity contribution is -0.132. The van der Waals surface area contributed by atoms with Crippen molar-refractivity contribution < 1.29 is 9.90 Å². The smallest absolute Gasteiger partial charge is 0.223 e. The second kappa shape index (κ2) is 6.89. The largest absolute Gasteiger partial charge is 0.393 e. The van der Waals surface area contributed by atoms with Gasteiger partial charge in [-0.1, -0.05) is 29.8 Å². The highest BCUT2D eigenvalue weighted by Gasteiger charge is 2.28. The van der Waals surface area contributed by atoms with Gasteiger partial charge < -0.3 is 10.0 Å². The molecule has 2 rings (SSSR count). The average molecular weight is 275 g/mol. The van der Waals surface area contributed by atoms with Crippen LogP contribution in [0.25, 0.3) is 0 Å². The van der Waals surface area contributed by atoms with Crippen molar-refractivity contribution in [2.45, 2.75) is 58.1 Å². The number of aliphatic hydroxyl groups is 1. The Morgan fingerprint density at radius 1 is 1.40 bits per heavy atom. The fourth-order valence-corrected chi connectivity index (χ4v) is 2.95. The molecule has 1 N–H and O–H groups in total. The third kappa shape index (κ3) is 4.07. The van der Waals surface area contributed by atoms with E-state index in [9.17, 15) is 9.90 Å². The molecule has 3 nitrogen and oxygen atoms in total. The van der Waals surface area contributed by atoms with E-state index in [1.165, 1.54) is 11.1 Å². The predicted octanol–water partition coefficient (Wildman–Crippen LogP) is 2.69. The van der Waals surface area contributed by atoms with E-state index >= 15 is 0 Å². The highest BCUT2D eigenvalue weighted by atomic mass is 16.3. The van der Waals surface area contributed by atoms with Crippen molar-refractivity contribution >= 4 is 5.91 Å². The summed E-state index contributed by atoms with van der Waals surface area (Å²) in [6.07, 6.45) is 3.84. The minimum absolute atomic E-state index is 0.230. The number of nitrogens with zero attached hydrogens (tertiary/aromatic N) is 1. The van der Waals surface area contributed by atoms with Crippen LogP contribution in [0.5, 0.6) is 0 Å². The van der Waals surface area contributed by atoms with Crippen LogP contribution in [0.3, 0.4) is 0 Å². The Morgan fingerprint density at radius 2 is 2.10 bits per heavy atom. The first-order valence-corrected chi connectivity index (χ1v) is 7.59. The van der Waals surface area contributed by atoms with Gasteiger partial charge in [-0.2, -0.15) is 0 Å². The quantitative estimate of drug-likeness (QED) is 0.897. The summed E-state index contributed by atoms with van der Waals surface area (Å²) in [5, 5.41) is 9.51. The maximum Gasteiger partial charge on any atom is 0.223 e. The molecule has 3 heteroatoms. The number of hydrogen-bond acceptors (Lipinski definition) is 2. The number of rotatable bonds is 5. The summed E-state index contributed by atoms with van der Waals surface area (Å²) in [5.41, 5.74) is 2.46. The van der Waals surface area contributed by atoms with Gasteiger partial charge >= 0.3 is 0 Å². The van der Waals surface area contributed by atoms with Crippen molar-refractivity contribution in [3.63, 3.8) is 0 Å². The molecule has 1 aliphatic rings. The Morgan fingerprint density at radius 3 is 2.75 bits per heavy atom. The summed E-state index contributed by atoms with van der Waals surface area (Å²) in [6, 6.07) is 8.61. The van der Waals surface area contributed by atoms with Crippen LogP contribution < -0.4 is 0 Å². The lowest BCUT2D eigenvalue weighted by Crippen LogP contribution is -2.37. The van der Waals surface area contributed by atoms with Crippen molar-refractivity contribution in [1.82, 2.24) is 4.90 Å². The van der Waals surface area contributed by atoms with Crippen LogP contribution in [0.2, 0.25) is 0 Å². The summed E-state index contributed by atoms with van der Waals surface area (Å²) in [5.74, 6) is 0.230. The molecule has 0 spiro atoms. The normalized spacial score (nSPS) is 20.1. The molecular weight excluding hydrogens is 250 g/mol. The number of carbonyl (C=O) groups excluding carboxylic acids is 1. The number of carbonyl (C=O) groups is 1. The molecule has 0 unspecified atom stereocenters.